The van der Waals surface area contributed by atoms with Crippen molar-refractivity contribution >= 4 is 11.7 Å². The third-order valence-corrected chi connectivity index (χ3v) is 4.34. The fourth-order valence-corrected chi connectivity index (χ4v) is 2.98. The summed E-state index contributed by atoms with van der Waals surface area (Å²) in [6, 6.07) is 7.01. The van der Waals surface area contributed by atoms with Gasteiger partial charge in [-0.15, -0.1) is 0 Å². The lowest BCUT2D eigenvalue weighted by atomic mass is 10.1. The Morgan fingerprint density at radius 3 is 2.81 bits per heavy atom. The first-order chi connectivity index (χ1) is 12.7. The molecule has 1 aromatic carbocycles. The summed E-state index contributed by atoms with van der Waals surface area (Å²) in [4.78, 5) is 28.0. The highest BCUT2D eigenvalue weighted by atomic mass is 16.1. The highest BCUT2D eigenvalue weighted by molar-refractivity contribution is 5.93. The molecular formula is C18H19N7O. The highest BCUT2D eigenvalue weighted by Crippen LogP contribution is 2.25. The van der Waals surface area contributed by atoms with Crippen molar-refractivity contribution in [2.45, 2.75) is 19.5 Å². The van der Waals surface area contributed by atoms with Crippen LogP contribution in [0.15, 0.2) is 36.7 Å². The van der Waals surface area contributed by atoms with Crippen molar-refractivity contribution in [1.82, 2.24) is 25.3 Å². The summed E-state index contributed by atoms with van der Waals surface area (Å²) in [6.07, 6.45) is 4.39. The van der Waals surface area contributed by atoms with E-state index in [1.54, 1.807) is 24.5 Å². The number of H-pyrrole nitrogens is 1. The van der Waals surface area contributed by atoms with Gasteiger partial charge in [-0.3, -0.25) is 4.79 Å². The molecule has 0 atom stereocenters. The molecule has 0 bridgehead atoms. The maximum absolute atomic E-state index is 11.3. The quantitative estimate of drug-likeness (QED) is 0.549. The summed E-state index contributed by atoms with van der Waals surface area (Å²) in [5.74, 6) is 1.83. The van der Waals surface area contributed by atoms with Crippen LogP contribution in [0.3, 0.4) is 0 Å². The minimum absolute atomic E-state index is 0.451. The van der Waals surface area contributed by atoms with E-state index in [0.717, 1.165) is 41.4 Å². The van der Waals surface area contributed by atoms with Crippen molar-refractivity contribution in [2.24, 2.45) is 5.73 Å². The molecule has 8 heteroatoms. The molecule has 0 fully saturated rings. The van der Waals surface area contributed by atoms with Gasteiger partial charge in [0.2, 0.25) is 5.91 Å². The van der Waals surface area contributed by atoms with Crippen molar-refractivity contribution in [3.63, 3.8) is 0 Å². The number of aromatic amines is 1. The topological polar surface area (TPSA) is 122 Å². The molecule has 0 unspecified atom stereocenters. The second-order valence-corrected chi connectivity index (χ2v) is 6.08. The minimum atomic E-state index is -0.451. The second kappa shape index (κ2) is 6.93. The van der Waals surface area contributed by atoms with E-state index in [0.29, 0.717) is 24.5 Å². The first-order valence-electron chi connectivity index (χ1n) is 8.43. The molecule has 4 rings (SSSR count). The molecular weight excluding hydrogens is 330 g/mol. The number of amides is 1. The number of benzene rings is 1. The summed E-state index contributed by atoms with van der Waals surface area (Å²) in [5.41, 5.74) is 8.73. The van der Waals surface area contributed by atoms with Gasteiger partial charge in [0, 0.05) is 35.6 Å². The number of rotatable bonds is 5. The molecule has 0 saturated heterocycles. The Kier molecular flexibility index (Phi) is 4.32. The minimum Gasteiger partial charge on any atom is -0.366 e. The van der Waals surface area contributed by atoms with Gasteiger partial charge < -0.3 is 21.4 Å². The van der Waals surface area contributed by atoms with Crippen LogP contribution in [0.25, 0.3) is 11.4 Å². The van der Waals surface area contributed by atoms with Crippen molar-refractivity contribution in [2.75, 3.05) is 11.9 Å². The van der Waals surface area contributed by atoms with Crippen LogP contribution in [-0.4, -0.2) is 32.4 Å². The number of anilines is 1. The number of aromatic nitrogens is 4. The molecule has 5 N–H and O–H groups in total. The lowest BCUT2D eigenvalue weighted by Gasteiger charge is -2.20. The fraction of sp³-hybridized carbons (Fsp3) is 0.222. The third kappa shape index (κ3) is 3.27. The van der Waals surface area contributed by atoms with Gasteiger partial charge in [0.05, 0.1) is 12.2 Å². The van der Waals surface area contributed by atoms with Crippen LogP contribution >= 0.6 is 0 Å². The van der Waals surface area contributed by atoms with Gasteiger partial charge in [-0.25, -0.2) is 15.0 Å². The molecule has 8 nitrogen and oxygen atoms in total. The molecule has 3 heterocycles. The molecule has 0 spiro atoms. The number of imidazole rings is 1. The summed E-state index contributed by atoms with van der Waals surface area (Å²) >= 11 is 0. The number of hydrogen-bond acceptors (Lipinski definition) is 6. The number of carbonyl (C=O) groups excluding carboxylic acids is 1. The standard InChI is InChI=1S/C18H19N7O/c19-16(26)11-1-3-12(4-2-11)17-24-14-9-20-6-5-13(14)18(25-17)23-10-15-21-7-8-22-15/h1-4,7-8,20H,5-6,9-10H2,(H2,19,26)(H,21,22)(H,23,24,25). The highest BCUT2D eigenvalue weighted by Gasteiger charge is 2.18. The fourth-order valence-electron chi connectivity index (χ4n) is 2.98. The normalized spacial score (nSPS) is 13.2. The van der Waals surface area contributed by atoms with Crippen molar-refractivity contribution in [3.05, 3.63) is 59.3 Å². The Morgan fingerprint density at radius 2 is 2.08 bits per heavy atom. The summed E-state index contributed by atoms with van der Waals surface area (Å²) in [7, 11) is 0. The van der Waals surface area contributed by atoms with E-state index in [1.165, 1.54) is 0 Å². The zero-order valence-electron chi connectivity index (χ0n) is 14.1. The predicted octanol–water partition coefficient (Wildman–Crippen LogP) is 1.22. The van der Waals surface area contributed by atoms with Crippen molar-refractivity contribution < 1.29 is 4.79 Å². The number of nitrogens with zero attached hydrogens (tertiary/aromatic N) is 3. The summed E-state index contributed by atoms with van der Waals surface area (Å²) in [6.45, 7) is 2.17. The average molecular weight is 349 g/mol. The average Bonchev–Trinajstić information content (AvgIpc) is 3.19. The van der Waals surface area contributed by atoms with E-state index in [1.807, 2.05) is 12.1 Å². The molecule has 132 valence electrons. The largest absolute Gasteiger partial charge is 0.366 e. The van der Waals surface area contributed by atoms with Crippen molar-refractivity contribution in [3.8, 4) is 11.4 Å². The number of fused-ring (bicyclic) bond motifs is 1. The third-order valence-electron chi connectivity index (χ3n) is 4.34. The maximum atomic E-state index is 11.3. The van der Waals surface area contributed by atoms with Crippen LogP contribution in [0.4, 0.5) is 5.82 Å². The van der Waals surface area contributed by atoms with Gasteiger partial charge in [-0.2, -0.15) is 0 Å². The molecule has 1 aliphatic rings. The Hall–Kier alpha value is -3.26. The van der Waals surface area contributed by atoms with Gasteiger partial charge in [0.15, 0.2) is 5.82 Å². The van der Waals surface area contributed by atoms with Gasteiger partial charge in [-0.05, 0) is 25.1 Å². The molecule has 2 aromatic heterocycles. The number of nitrogens with two attached hydrogens (primary N) is 1. The number of hydrogen-bond donors (Lipinski definition) is 4. The van der Waals surface area contributed by atoms with Gasteiger partial charge in [0.1, 0.15) is 11.6 Å². The second-order valence-electron chi connectivity index (χ2n) is 6.08. The predicted molar refractivity (Wildman–Crippen MR) is 97.3 cm³/mol. The van der Waals surface area contributed by atoms with Crippen LogP contribution in [0.2, 0.25) is 0 Å². The van der Waals surface area contributed by atoms with Crippen LogP contribution < -0.4 is 16.4 Å². The van der Waals surface area contributed by atoms with Crippen molar-refractivity contribution in [1.29, 1.82) is 0 Å². The van der Waals surface area contributed by atoms with Gasteiger partial charge in [-0.1, -0.05) is 12.1 Å². The van der Waals surface area contributed by atoms with E-state index in [2.05, 4.69) is 20.6 Å². The Labute approximate surface area is 150 Å². The first-order valence-corrected chi connectivity index (χ1v) is 8.43. The molecule has 0 saturated carbocycles. The zero-order chi connectivity index (χ0) is 17.9. The molecule has 0 radical (unpaired) electrons. The van der Waals surface area contributed by atoms with Crippen LogP contribution in [0, 0.1) is 0 Å². The van der Waals surface area contributed by atoms with E-state index >= 15 is 0 Å². The molecule has 26 heavy (non-hydrogen) atoms. The smallest absolute Gasteiger partial charge is 0.248 e. The van der Waals surface area contributed by atoms with Gasteiger partial charge in [0.25, 0.3) is 0 Å². The number of primary amides is 1. The van der Waals surface area contributed by atoms with Crippen LogP contribution in [0.1, 0.15) is 27.4 Å². The van der Waals surface area contributed by atoms with E-state index in [4.69, 9.17) is 15.7 Å². The van der Waals surface area contributed by atoms with Gasteiger partial charge >= 0.3 is 0 Å². The van der Waals surface area contributed by atoms with E-state index < -0.39 is 5.91 Å². The summed E-state index contributed by atoms with van der Waals surface area (Å²) in [5, 5.41) is 6.71. The Bertz CT molecular complexity index is 919. The molecule has 0 aliphatic carbocycles. The van der Waals surface area contributed by atoms with Crippen LogP contribution in [0.5, 0.6) is 0 Å². The summed E-state index contributed by atoms with van der Waals surface area (Å²) < 4.78 is 0. The lowest BCUT2D eigenvalue weighted by Crippen LogP contribution is -2.26. The number of carbonyl (C=O) groups is 1. The molecule has 3 aromatic rings. The maximum Gasteiger partial charge on any atom is 0.248 e. The van der Waals surface area contributed by atoms with E-state index in [-0.39, 0.29) is 0 Å². The monoisotopic (exact) mass is 349 g/mol. The Balaban J connectivity index is 1.68. The lowest BCUT2D eigenvalue weighted by molar-refractivity contribution is 0.100. The first kappa shape index (κ1) is 16.2. The Morgan fingerprint density at radius 1 is 1.23 bits per heavy atom. The SMILES string of the molecule is NC(=O)c1ccc(-c2nc3c(c(NCc4ncc[nH]4)n2)CCNC3)cc1. The van der Waals surface area contributed by atoms with E-state index in [9.17, 15) is 4.79 Å². The van der Waals surface area contributed by atoms with Crippen LogP contribution in [-0.2, 0) is 19.5 Å². The molecule has 1 amide bonds. The molecule has 1 aliphatic heterocycles. The zero-order valence-corrected chi connectivity index (χ0v) is 14.1. The number of nitrogens with one attached hydrogen (secondary N) is 3.